The highest BCUT2D eigenvalue weighted by Gasteiger charge is 2.13. The van der Waals surface area contributed by atoms with Gasteiger partial charge in [-0.1, -0.05) is 48.5 Å². The minimum absolute atomic E-state index is 0. The van der Waals surface area contributed by atoms with Crippen LogP contribution in [-0.2, 0) is 17.6 Å². The van der Waals surface area contributed by atoms with Gasteiger partial charge in [-0.2, -0.15) is 0 Å². The Kier molecular flexibility index (Phi) is 7.04. The number of aryl methyl sites for hydroxylation is 1. The van der Waals surface area contributed by atoms with Gasteiger partial charge in [0.15, 0.2) is 0 Å². The summed E-state index contributed by atoms with van der Waals surface area (Å²) in [5.74, 6) is -0.0854. The van der Waals surface area contributed by atoms with Crippen LogP contribution in [0.5, 0.6) is 0 Å². The van der Waals surface area contributed by atoms with Crippen LogP contribution in [0, 0.1) is 0 Å². The molecule has 0 unspecified atom stereocenters. The number of hydrogen-bond acceptors (Lipinski definition) is 2. The maximum absolute atomic E-state index is 12.1. The molecule has 1 atom stereocenters. The van der Waals surface area contributed by atoms with Crippen LogP contribution in [0.4, 0.5) is 0 Å². The molecule has 0 saturated carbocycles. The molecule has 1 heterocycles. The first-order valence-corrected chi connectivity index (χ1v) is 8.36. The van der Waals surface area contributed by atoms with Crippen molar-refractivity contribution in [2.75, 3.05) is 6.54 Å². The van der Waals surface area contributed by atoms with E-state index in [4.69, 9.17) is 5.73 Å². The van der Waals surface area contributed by atoms with Gasteiger partial charge in [0.25, 0.3) is 0 Å². The molecule has 4 nitrogen and oxygen atoms in total. The minimum atomic E-state index is -0.500. The lowest BCUT2D eigenvalue weighted by Gasteiger charge is -2.12. The van der Waals surface area contributed by atoms with Gasteiger partial charge in [0.2, 0.25) is 5.91 Å². The molecule has 0 aliphatic heterocycles. The number of aromatic amines is 1. The minimum Gasteiger partial charge on any atom is -0.361 e. The third-order valence-corrected chi connectivity index (χ3v) is 4.23. The van der Waals surface area contributed by atoms with Crippen molar-refractivity contribution in [1.29, 1.82) is 0 Å². The molecule has 4 N–H and O–H groups in total. The number of benzene rings is 2. The Bertz CT molecular complexity index is 801. The summed E-state index contributed by atoms with van der Waals surface area (Å²) in [4.78, 5) is 15.4. The molecule has 3 aromatic rings. The van der Waals surface area contributed by atoms with Crippen molar-refractivity contribution in [1.82, 2.24) is 10.3 Å². The lowest BCUT2D eigenvalue weighted by Crippen LogP contribution is -2.42. The number of aromatic nitrogens is 1. The average Bonchev–Trinajstić information content (AvgIpc) is 3.02. The molecule has 0 bridgehead atoms. The van der Waals surface area contributed by atoms with Crippen molar-refractivity contribution in [2.45, 2.75) is 25.3 Å². The normalized spacial score (nSPS) is 11.7. The SMILES string of the molecule is Cl.N[C@@H](Cc1ccccc1)C(=O)NCCCc1c[nH]c2ccccc12. The zero-order chi connectivity index (χ0) is 16.8. The van der Waals surface area contributed by atoms with E-state index in [1.54, 1.807) is 0 Å². The van der Waals surface area contributed by atoms with Gasteiger partial charge in [-0.25, -0.2) is 0 Å². The van der Waals surface area contributed by atoms with Crippen LogP contribution in [-0.4, -0.2) is 23.5 Å². The summed E-state index contributed by atoms with van der Waals surface area (Å²) in [7, 11) is 0. The van der Waals surface area contributed by atoms with Crippen molar-refractivity contribution in [3.8, 4) is 0 Å². The van der Waals surface area contributed by atoms with Gasteiger partial charge < -0.3 is 16.0 Å². The van der Waals surface area contributed by atoms with E-state index in [1.165, 1.54) is 10.9 Å². The quantitative estimate of drug-likeness (QED) is 0.568. The Hall–Kier alpha value is -2.30. The van der Waals surface area contributed by atoms with Crippen LogP contribution in [0.3, 0.4) is 0 Å². The summed E-state index contributed by atoms with van der Waals surface area (Å²) in [6.45, 7) is 0.640. The number of carbonyl (C=O) groups excluding carboxylic acids is 1. The first-order valence-electron chi connectivity index (χ1n) is 8.36. The van der Waals surface area contributed by atoms with Gasteiger partial charge in [0, 0.05) is 23.6 Å². The van der Waals surface area contributed by atoms with Crippen LogP contribution >= 0.6 is 12.4 Å². The van der Waals surface area contributed by atoms with Gasteiger partial charge in [0.05, 0.1) is 6.04 Å². The first-order chi connectivity index (χ1) is 11.7. The van der Waals surface area contributed by atoms with E-state index >= 15 is 0 Å². The van der Waals surface area contributed by atoms with Crippen LogP contribution < -0.4 is 11.1 Å². The number of para-hydroxylation sites is 1. The summed E-state index contributed by atoms with van der Waals surface area (Å²) in [6.07, 6.45) is 4.44. The van der Waals surface area contributed by atoms with Crippen molar-refractivity contribution >= 4 is 29.2 Å². The van der Waals surface area contributed by atoms with Gasteiger partial charge in [-0.15, -0.1) is 12.4 Å². The molecule has 3 rings (SSSR count). The number of amides is 1. The fraction of sp³-hybridized carbons (Fsp3) is 0.250. The van der Waals surface area contributed by atoms with E-state index in [9.17, 15) is 4.79 Å². The van der Waals surface area contributed by atoms with Crippen LogP contribution in [0.15, 0.2) is 60.8 Å². The molecule has 0 aliphatic rings. The summed E-state index contributed by atoms with van der Waals surface area (Å²) < 4.78 is 0. The Morgan fingerprint density at radius 3 is 2.60 bits per heavy atom. The summed E-state index contributed by atoms with van der Waals surface area (Å²) in [5.41, 5.74) is 9.51. The number of halogens is 1. The third kappa shape index (κ3) is 5.08. The second-order valence-electron chi connectivity index (χ2n) is 6.05. The van der Waals surface area contributed by atoms with E-state index in [1.807, 2.05) is 48.7 Å². The molecule has 1 amide bonds. The molecular weight excluding hydrogens is 334 g/mol. The largest absolute Gasteiger partial charge is 0.361 e. The van der Waals surface area contributed by atoms with Crippen molar-refractivity contribution in [2.24, 2.45) is 5.73 Å². The van der Waals surface area contributed by atoms with E-state index in [-0.39, 0.29) is 18.3 Å². The van der Waals surface area contributed by atoms with Crippen molar-refractivity contribution < 1.29 is 4.79 Å². The number of rotatable bonds is 7. The molecular formula is C20H24ClN3O. The molecule has 0 spiro atoms. The highest BCUT2D eigenvalue weighted by atomic mass is 35.5. The predicted octanol–water partition coefficient (Wildman–Crippen LogP) is 3.21. The molecule has 0 aliphatic carbocycles. The Balaban J connectivity index is 0.00000225. The highest BCUT2D eigenvalue weighted by Crippen LogP contribution is 2.18. The zero-order valence-electron chi connectivity index (χ0n) is 14.1. The topological polar surface area (TPSA) is 70.9 Å². The maximum Gasteiger partial charge on any atom is 0.237 e. The molecule has 0 saturated heterocycles. The summed E-state index contributed by atoms with van der Waals surface area (Å²) in [6, 6.07) is 17.6. The molecule has 0 fully saturated rings. The van der Waals surface area contributed by atoms with E-state index in [0.717, 1.165) is 23.9 Å². The monoisotopic (exact) mass is 357 g/mol. The number of hydrogen-bond donors (Lipinski definition) is 3. The van der Waals surface area contributed by atoms with Crippen LogP contribution in [0.25, 0.3) is 10.9 Å². The lowest BCUT2D eigenvalue weighted by atomic mass is 10.1. The second-order valence-corrected chi connectivity index (χ2v) is 6.05. The lowest BCUT2D eigenvalue weighted by molar-refractivity contribution is -0.122. The maximum atomic E-state index is 12.1. The van der Waals surface area contributed by atoms with Gasteiger partial charge in [0.1, 0.15) is 0 Å². The second kappa shape index (κ2) is 9.25. The molecule has 1 aromatic heterocycles. The fourth-order valence-electron chi connectivity index (χ4n) is 2.92. The standard InChI is InChI=1S/C20H23N3O.ClH/c21-18(13-15-7-2-1-3-8-15)20(24)22-12-6-9-16-14-23-19-11-5-4-10-17(16)19;/h1-5,7-8,10-11,14,18,23H,6,9,12-13,21H2,(H,22,24);1H/t18-;/m0./s1. The number of H-pyrrole nitrogens is 1. The average molecular weight is 358 g/mol. The summed E-state index contributed by atoms with van der Waals surface area (Å²) in [5, 5.41) is 4.19. The predicted molar refractivity (Wildman–Crippen MR) is 105 cm³/mol. The Morgan fingerprint density at radius 1 is 1.08 bits per heavy atom. The van der Waals surface area contributed by atoms with E-state index in [2.05, 4.69) is 22.4 Å². The van der Waals surface area contributed by atoms with Crippen LogP contribution in [0.2, 0.25) is 0 Å². The van der Waals surface area contributed by atoms with Crippen LogP contribution in [0.1, 0.15) is 17.5 Å². The molecule has 25 heavy (non-hydrogen) atoms. The zero-order valence-corrected chi connectivity index (χ0v) is 14.9. The summed E-state index contributed by atoms with van der Waals surface area (Å²) >= 11 is 0. The molecule has 2 aromatic carbocycles. The molecule has 5 heteroatoms. The Labute approximate surface area is 154 Å². The van der Waals surface area contributed by atoms with Gasteiger partial charge in [-0.05, 0) is 36.5 Å². The number of carbonyl (C=O) groups is 1. The molecule has 132 valence electrons. The van der Waals surface area contributed by atoms with E-state index in [0.29, 0.717) is 13.0 Å². The third-order valence-electron chi connectivity index (χ3n) is 4.23. The first kappa shape index (κ1) is 19.0. The number of nitrogens with one attached hydrogen (secondary N) is 2. The van der Waals surface area contributed by atoms with Crippen molar-refractivity contribution in [3.05, 3.63) is 71.9 Å². The van der Waals surface area contributed by atoms with Gasteiger partial charge >= 0.3 is 0 Å². The Morgan fingerprint density at radius 2 is 1.80 bits per heavy atom. The smallest absolute Gasteiger partial charge is 0.237 e. The molecule has 0 radical (unpaired) electrons. The fourth-order valence-corrected chi connectivity index (χ4v) is 2.92. The highest BCUT2D eigenvalue weighted by molar-refractivity contribution is 5.85. The van der Waals surface area contributed by atoms with Gasteiger partial charge in [-0.3, -0.25) is 4.79 Å². The van der Waals surface area contributed by atoms with Crippen molar-refractivity contribution in [3.63, 3.8) is 0 Å². The number of nitrogens with two attached hydrogens (primary N) is 1. The van der Waals surface area contributed by atoms with E-state index < -0.39 is 6.04 Å². The number of fused-ring (bicyclic) bond motifs is 1.